The van der Waals surface area contributed by atoms with Crippen molar-refractivity contribution in [3.05, 3.63) is 0 Å². The Morgan fingerprint density at radius 2 is 2.36 bits per heavy atom. The largest absolute Gasteiger partial charge is 0.453 e. The summed E-state index contributed by atoms with van der Waals surface area (Å²) in [4.78, 5) is 20.2. The molecule has 0 heterocycles. The van der Waals surface area contributed by atoms with Gasteiger partial charge in [0, 0.05) is 6.42 Å². The molecule has 5 nitrogen and oxygen atoms in total. The molecule has 0 aromatic carbocycles. The Labute approximate surface area is 64.7 Å². The van der Waals surface area contributed by atoms with Gasteiger partial charge in [-0.25, -0.2) is 9.59 Å². The van der Waals surface area contributed by atoms with Gasteiger partial charge in [-0.05, 0) is 0 Å². The Hall–Kier alpha value is -1.26. The summed E-state index contributed by atoms with van der Waals surface area (Å²) in [6.07, 6.45) is -0.809. The van der Waals surface area contributed by atoms with Gasteiger partial charge in [0.25, 0.3) is 0 Å². The SMILES string of the molecule is CCC(NC(=O)OC)O[C]=O. The van der Waals surface area contributed by atoms with Crippen molar-refractivity contribution in [2.24, 2.45) is 0 Å². The summed E-state index contributed by atoms with van der Waals surface area (Å²) >= 11 is 0. The van der Waals surface area contributed by atoms with Crippen LogP contribution in [0, 0.1) is 0 Å². The lowest BCUT2D eigenvalue weighted by atomic mass is 10.4. The molecule has 0 bridgehead atoms. The molecule has 63 valence electrons. The van der Waals surface area contributed by atoms with Gasteiger partial charge in [-0.15, -0.1) is 0 Å². The molecule has 0 aliphatic heterocycles. The van der Waals surface area contributed by atoms with E-state index in [4.69, 9.17) is 0 Å². The van der Waals surface area contributed by atoms with Crippen LogP contribution in [0.25, 0.3) is 0 Å². The minimum absolute atomic E-state index is 0.477. The Morgan fingerprint density at radius 3 is 2.73 bits per heavy atom. The van der Waals surface area contributed by atoms with Gasteiger partial charge in [-0.3, -0.25) is 5.32 Å². The molecule has 0 aliphatic carbocycles. The van der Waals surface area contributed by atoms with Gasteiger partial charge in [0.05, 0.1) is 7.11 Å². The first-order chi connectivity index (χ1) is 5.24. The first-order valence-corrected chi connectivity index (χ1v) is 3.11. The smallest absolute Gasteiger partial charge is 0.419 e. The first-order valence-electron chi connectivity index (χ1n) is 3.11. The summed E-state index contributed by atoms with van der Waals surface area (Å²) in [7, 11) is 1.23. The average Bonchev–Trinajstić information content (AvgIpc) is 2.03. The van der Waals surface area contributed by atoms with E-state index < -0.39 is 12.3 Å². The van der Waals surface area contributed by atoms with Gasteiger partial charge in [0.2, 0.25) is 0 Å². The van der Waals surface area contributed by atoms with Crippen molar-refractivity contribution < 1.29 is 19.1 Å². The fourth-order valence-corrected chi connectivity index (χ4v) is 0.463. The van der Waals surface area contributed by atoms with Crippen LogP contribution < -0.4 is 5.32 Å². The van der Waals surface area contributed by atoms with Crippen LogP contribution in [0.15, 0.2) is 0 Å². The summed E-state index contributed by atoms with van der Waals surface area (Å²) in [6.45, 7) is 2.98. The van der Waals surface area contributed by atoms with Crippen molar-refractivity contribution in [2.75, 3.05) is 7.11 Å². The van der Waals surface area contributed by atoms with Gasteiger partial charge < -0.3 is 9.47 Å². The van der Waals surface area contributed by atoms with E-state index in [2.05, 4.69) is 14.8 Å². The molecule has 1 amide bonds. The average molecular weight is 160 g/mol. The van der Waals surface area contributed by atoms with E-state index in [1.165, 1.54) is 13.6 Å². The minimum atomic E-state index is -0.653. The Bertz CT molecular complexity index is 137. The van der Waals surface area contributed by atoms with Crippen molar-refractivity contribution >= 4 is 12.6 Å². The number of amides is 1. The number of nitrogens with one attached hydrogen (secondary N) is 1. The monoisotopic (exact) mass is 160 g/mol. The van der Waals surface area contributed by atoms with Gasteiger partial charge >= 0.3 is 12.6 Å². The lowest BCUT2D eigenvalue weighted by Crippen LogP contribution is -2.35. The van der Waals surface area contributed by atoms with Crippen LogP contribution in [0.5, 0.6) is 0 Å². The number of rotatable bonds is 4. The van der Waals surface area contributed by atoms with Crippen LogP contribution in [0.4, 0.5) is 4.79 Å². The number of carbonyl (C=O) groups is 1. The zero-order valence-corrected chi connectivity index (χ0v) is 6.42. The molecule has 5 heteroatoms. The van der Waals surface area contributed by atoms with Gasteiger partial charge in [0.1, 0.15) is 0 Å². The van der Waals surface area contributed by atoms with E-state index in [0.717, 1.165) is 0 Å². The molecule has 0 saturated heterocycles. The molecular weight excluding hydrogens is 150 g/mol. The van der Waals surface area contributed by atoms with Crippen LogP contribution in [0.2, 0.25) is 0 Å². The maximum atomic E-state index is 10.5. The van der Waals surface area contributed by atoms with Crippen LogP contribution in [-0.2, 0) is 14.3 Å². The summed E-state index contributed by atoms with van der Waals surface area (Å²) in [5.74, 6) is 0. The van der Waals surface area contributed by atoms with E-state index in [9.17, 15) is 9.59 Å². The molecule has 1 atom stereocenters. The van der Waals surface area contributed by atoms with Crippen LogP contribution in [0.3, 0.4) is 0 Å². The van der Waals surface area contributed by atoms with Gasteiger partial charge in [-0.1, -0.05) is 6.92 Å². The Balaban J connectivity index is 3.67. The van der Waals surface area contributed by atoms with Crippen LogP contribution in [-0.4, -0.2) is 25.9 Å². The number of hydrogen-bond acceptors (Lipinski definition) is 4. The molecule has 0 aromatic heterocycles. The molecule has 0 spiro atoms. The second-order valence-electron chi connectivity index (χ2n) is 1.73. The minimum Gasteiger partial charge on any atom is -0.453 e. The van der Waals surface area contributed by atoms with E-state index in [1.807, 2.05) is 0 Å². The highest BCUT2D eigenvalue weighted by atomic mass is 16.6. The third-order valence-corrected chi connectivity index (χ3v) is 1.03. The fourth-order valence-electron chi connectivity index (χ4n) is 0.463. The zero-order valence-electron chi connectivity index (χ0n) is 6.42. The molecule has 11 heavy (non-hydrogen) atoms. The van der Waals surface area contributed by atoms with Crippen LogP contribution in [0.1, 0.15) is 13.3 Å². The molecule has 0 aromatic rings. The van der Waals surface area contributed by atoms with Crippen molar-refractivity contribution in [1.29, 1.82) is 0 Å². The van der Waals surface area contributed by atoms with Crippen LogP contribution >= 0.6 is 0 Å². The molecule has 0 saturated carbocycles. The maximum Gasteiger partial charge on any atom is 0.419 e. The van der Waals surface area contributed by atoms with Gasteiger partial charge in [-0.2, -0.15) is 0 Å². The number of hydrogen-bond donors (Lipinski definition) is 1. The summed E-state index contributed by atoms with van der Waals surface area (Å²) < 4.78 is 8.62. The van der Waals surface area contributed by atoms with Crippen molar-refractivity contribution in [2.45, 2.75) is 19.6 Å². The molecular formula is C6H10NO4. The highest BCUT2D eigenvalue weighted by Gasteiger charge is 2.09. The second-order valence-corrected chi connectivity index (χ2v) is 1.73. The maximum absolute atomic E-state index is 10.5. The summed E-state index contributed by atoms with van der Waals surface area (Å²) in [5.41, 5.74) is 0. The molecule has 0 rings (SSSR count). The second kappa shape index (κ2) is 5.52. The Morgan fingerprint density at radius 1 is 1.73 bits per heavy atom. The van der Waals surface area contributed by atoms with E-state index >= 15 is 0 Å². The lowest BCUT2D eigenvalue weighted by Gasteiger charge is -2.12. The first kappa shape index (κ1) is 9.74. The van der Waals surface area contributed by atoms with Crippen molar-refractivity contribution in [1.82, 2.24) is 5.32 Å². The highest BCUT2D eigenvalue weighted by Crippen LogP contribution is 1.91. The normalized spacial score (nSPS) is 11.5. The third kappa shape index (κ3) is 4.19. The summed E-state index contributed by atoms with van der Waals surface area (Å²) in [5, 5.41) is 2.27. The van der Waals surface area contributed by atoms with E-state index in [1.54, 1.807) is 6.92 Å². The molecule has 0 aliphatic rings. The zero-order chi connectivity index (χ0) is 8.69. The third-order valence-electron chi connectivity index (χ3n) is 1.03. The lowest BCUT2D eigenvalue weighted by molar-refractivity contribution is 0.112. The quantitative estimate of drug-likeness (QED) is 0.595. The fraction of sp³-hybridized carbons (Fsp3) is 0.667. The predicted octanol–water partition coefficient (Wildman–Crippen LogP) is 0.162. The summed E-state index contributed by atoms with van der Waals surface area (Å²) in [6, 6.07) is 0. The number of ether oxygens (including phenoxy) is 2. The molecule has 1 N–H and O–H groups in total. The molecule has 1 unspecified atom stereocenters. The number of carbonyl (C=O) groups excluding carboxylic acids is 2. The topological polar surface area (TPSA) is 64.6 Å². The van der Waals surface area contributed by atoms with E-state index in [0.29, 0.717) is 6.42 Å². The standard InChI is InChI=1S/C6H10NO4/c1-3-5(11-4-8)7-6(9)10-2/h5H,3H2,1-2H3,(H,7,9). The van der Waals surface area contributed by atoms with E-state index in [-0.39, 0.29) is 0 Å². The van der Waals surface area contributed by atoms with Crippen molar-refractivity contribution in [3.63, 3.8) is 0 Å². The Kier molecular flexibility index (Phi) is 4.89. The highest BCUT2D eigenvalue weighted by molar-refractivity contribution is 5.67. The molecule has 0 fully saturated rings. The predicted molar refractivity (Wildman–Crippen MR) is 36.4 cm³/mol. The van der Waals surface area contributed by atoms with Crippen molar-refractivity contribution in [3.8, 4) is 0 Å². The molecule has 1 radical (unpaired) electrons. The number of alkyl carbamates (subject to hydrolysis) is 1. The number of methoxy groups -OCH3 is 1. The van der Waals surface area contributed by atoms with Gasteiger partial charge in [0.15, 0.2) is 6.23 Å².